The van der Waals surface area contributed by atoms with Crippen molar-refractivity contribution in [2.45, 2.75) is 63.7 Å². The number of esters is 1. The Morgan fingerprint density at radius 3 is 2.41 bits per heavy atom. The van der Waals surface area contributed by atoms with Crippen molar-refractivity contribution in [3.63, 3.8) is 0 Å². The fourth-order valence-corrected chi connectivity index (χ4v) is 4.13. The summed E-state index contributed by atoms with van der Waals surface area (Å²) in [5.41, 5.74) is -3.35. The lowest BCUT2D eigenvalue weighted by Gasteiger charge is -2.32. The number of fused-ring (bicyclic) bond motifs is 1. The summed E-state index contributed by atoms with van der Waals surface area (Å²) in [5.74, 6) is -0.965. The van der Waals surface area contributed by atoms with Crippen molar-refractivity contribution in [1.82, 2.24) is 4.90 Å². The molecule has 2 saturated heterocycles. The summed E-state index contributed by atoms with van der Waals surface area (Å²) < 4.78 is 33.4. The minimum atomic E-state index is -3.82. The summed E-state index contributed by atoms with van der Waals surface area (Å²) in [6.07, 6.45) is 2.02. The lowest BCUT2D eigenvalue weighted by Crippen LogP contribution is -2.50. The number of ether oxygens (including phenoxy) is 1. The van der Waals surface area contributed by atoms with E-state index in [1.165, 1.54) is 11.8 Å². The SMILES string of the molecule is CC(C)(C)OC(=O)[C@]12CCCN1C(=O)[C@](C)(OS(C)(=O)=O)C2. The first-order valence-corrected chi connectivity index (χ1v) is 9.07. The van der Waals surface area contributed by atoms with Crippen LogP contribution >= 0.6 is 0 Å². The molecule has 2 rings (SSSR count). The van der Waals surface area contributed by atoms with Gasteiger partial charge >= 0.3 is 5.97 Å². The Balaban J connectivity index is 2.36. The summed E-state index contributed by atoms with van der Waals surface area (Å²) in [4.78, 5) is 26.7. The van der Waals surface area contributed by atoms with Gasteiger partial charge in [-0.15, -0.1) is 0 Å². The van der Waals surface area contributed by atoms with Crippen LogP contribution in [0, 0.1) is 0 Å². The number of carbonyl (C=O) groups is 2. The van der Waals surface area contributed by atoms with Crippen molar-refractivity contribution in [1.29, 1.82) is 0 Å². The molecular weight excluding hydrogens is 310 g/mol. The Kier molecular flexibility index (Phi) is 3.85. The van der Waals surface area contributed by atoms with Crippen LogP contribution in [0.4, 0.5) is 0 Å². The molecule has 126 valence electrons. The maximum Gasteiger partial charge on any atom is 0.332 e. The number of carbonyl (C=O) groups excluding carboxylic acids is 2. The highest BCUT2D eigenvalue weighted by Gasteiger charge is 2.65. The van der Waals surface area contributed by atoms with Gasteiger partial charge in [0.05, 0.1) is 6.26 Å². The zero-order chi connectivity index (χ0) is 17.0. The summed E-state index contributed by atoms with van der Waals surface area (Å²) in [6.45, 7) is 7.08. The molecule has 0 N–H and O–H groups in total. The van der Waals surface area contributed by atoms with Gasteiger partial charge in [0.1, 0.15) is 11.1 Å². The van der Waals surface area contributed by atoms with E-state index in [1.807, 2.05) is 0 Å². The molecule has 2 aliphatic heterocycles. The lowest BCUT2D eigenvalue weighted by molar-refractivity contribution is -0.168. The second kappa shape index (κ2) is 4.92. The molecule has 2 aliphatic rings. The number of nitrogens with zero attached hydrogens (tertiary/aromatic N) is 1. The Bertz CT molecular complexity index is 607. The molecule has 0 aromatic carbocycles. The van der Waals surface area contributed by atoms with Crippen molar-refractivity contribution in [2.75, 3.05) is 12.8 Å². The fourth-order valence-electron chi connectivity index (χ4n) is 3.33. The van der Waals surface area contributed by atoms with Crippen LogP contribution < -0.4 is 0 Å². The standard InChI is InChI=1S/C14H23NO6S/c1-12(2,3)20-11(17)14-7-6-8-15(14)10(16)13(4,9-14)21-22(5,18)19/h6-9H2,1-5H3/t13-,14-/m1/s1. The van der Waals surface area contributed by atoms with Gasteiger partial charge in [0.15, 0.2) is 5.60 Å². The Labute approximate surface area is 131 Å². The number of amides is 1. The third-order valence-electron chi connectivity index (χ3n) is 3.93. The monoisotopic (exact) mass is 333 g/mol. The summed E-state index contributed by atoms with van der Waals surface area (Å²) >= 11 is 0. The average Bonchev–Trinajstić information content (AvgIpc) is 2.74. The number of hydrogen-bond acceptors (Lipinski definition) is 6. The fraction of sp³-hybridized carbons (Fsp3) is 0.857. The largest absolute Gasteiger partial charge is 0.458 e. The van der Waals surface area contributed by atoms with E-state index in [1.54, 1.807) is 20.8 Å². The molecule has 1 amide bonds. The van der Waals surface area contributed by atoms with Gasteiger partial charge < -0.3 is 9.64 Å². The Hall–Kier alpha value is -1.15. The van der Waals surface area contributed by atoms with Crippen LogP contribution in [-0.2, 0) is 28.6 Å². The van der Waals surface area contributed by atoms with E-state index in [-0.39, 0.29) is 6.42 Å². The highest BCUT2D eigenvalue weighted by atomic mass is 32.2. The maximum atomic E-state index is 12.6. The van der Waals surface area contributed by atoms with E-state index in [4.69, 9.17) is 8.92 Å². The second-order valence-corrected chi connectivity index (χ2v) is 8.86. The van der Waals surface area contributed by atoms with Crippen LogP contribution in [0.15, 0.2) is 0 Å². The molecule has 22 heavy (non-hydrogen) atoms. The first-order chi connectivity index (χ1) is 9.79. The van der Waals surface area contributed by atoms with Gasteiger partial charge in [-0.1, -0.05) is 0 Å². The number of hydrogen-bond donors (Lipinski definition) is 0. The third-order valence-corrected chi connectivity index (χ3v) is 4.60. The van der Waals surface area contributed by atoms with E-state index in [2.05, 4.69) is 0 Å². The molecule has 0 spiro atoms. The molecule has 0 aliphatic carbocycles. The maximum absolute atomic E-state index is 12.6. The normalized spacial score (nSPS) is 32.2. The van der Waals surface area contributed by atoms with Crippen LogP contribution in [0.3, 0.4) is 0 Å². The third kappa shape index (κ3) is 2.99. The number of rotatable bonds is 3. The van der Waals surface area contributed by atoms with E-state index in [0.717, 1.165) is 6.26 Å². The molecule has 0 unspecified atom stereocenters. The second-order valence-electron chi connectivity index (χ2n) is 7.29. The molecule has 0 bridgehead atoms. The molecule has 0 aromatic rings. The van der Waals surface area contributed by atoms with E-state index in [0.29, 0.717) is 19.4 Å². The molecule has 0 radical (unpaired) electrons. The highest BCUT2D eigenvalue weighted by Crippen LogP contribution is 2.47. The highest BCUT2D eigenvalue weighted by molar-refractivity contribution is 7.86. The van der Waals surface area contributed by atoms with Gasteiger partial charge in [0, 0.05) is 13.0 Å². The van der Waals surface area contributed by atoms with E-state index < -0.39 is 38.7 Å². The van der Waals surface area contributed by atoms with Crippen LogP contribution in [0.5, 0.6) is 0 Å². The van der Waals surface area contributed by atoms with Gasteiger partial charge in [0.2, 0.25) is 0 Å². The van der Waals surface area contributed by atoms with Crippen LogP contribution in [-0.4, -0.2) is 54.7 Å². The van der Waals surface area contributed by atoms with Crippen molar-refractivity contribution in [2.24, 2.45) is 0 Å². The van der Waals surface area contributed by atoms with Gasteiger partial charge in [0.25, 0.3) is 16.0 Å². The summed E-state index contributed by atoms with van der Waals surface area (Å²) in [7, 11) is -3.82. The molecule has 7 nitrogen and oxygen atoms in total. The molecule has 2 atom stereocenters. The van der Waals surface area contributed by atoms with Crippen LogP contribution in [0.2, 0.25) is 0 Å². The molecule has 2 fully saturated rings. The topological polar surface area (TPSA) is 90.0 Å². The first kappa shape index (κ1) is 17.2. The predicted octanol–water partition coefficient (Wildman–Crippen LogP) is 0.828. The van der Waals surface area contributed by atoms with Crippen molar-refractivity contribution < 1.29 is 26.9 Å². The van der Waals surface area contributed by atoms with Crippen molar-refractivity contribution in [3.05, 3.63) is 0 Å². The zero-order valence-electron chi connectivity index (χ0n) is 13.6. The van der Waals surface area contributed by atoms with Crippen LogP contribution in [0.25, 0.3) is 0 Å². The molecule has 2 heterocycles. The molecular formula is C14H23NO6S. The first-order valence-electron chi connectivity index (χ1n) is 7.25. The van der Waals surface area contributed by atoms with Crippen LogP contribution in [0.1, 0.15) is 47.0 Å². The minimum absolute atomic E-state index is 0.0131. The van der Waals surface area contributed by atoms with Gasteiger partial charge in [-0.05, 0) is 40.5 Å². The quantitative estimate of drug-likeness (QED) is 0.561. The van der Waals surface area contributed by atoms with Gasteiger partial charge in [-0.3, -0.25) is 8.98 Å². The van der Waals surface area contributed by atoms with E-state index >= 15 is 0 Å². The molecule has 0 aromatic heterocycles. The smallest absolute Gasteiger partial charge is 0.332 e. The van der Waals surface area contributed by atoms with Crippen molar-refractivity contribution in [3.8, 4) is 0 Å². The lowest BCUT2D eigenvalue weighted by atomic mass is 9.88. The van der Waals surface area contributed by atoms with Crippen molar-refractivity contribution >= 4 is 22.0 Å². The molecule has 8 heteroatoms. The van der Waals surface area contributed by atoms with E-state index in [9.17, 15) is 18.0 Å². The average molecular weight is 333 g/mol. The summed E-state index contributed by atoms with van der Waals surface area (Å²) in [6, 6.07) is 0. The Morgan fingerprint density at radius 2 is 1.91 bits per heavy atom. The zero-order valence-corrected chi connectivity index (χ0v) is 14.4. The molecule has 0 saturated carbocycles. The van der Waals surface area contributed by atoms with Gasteiger partial charge in [-0.25, -0.2) is 4.79 Å². The van der Waals surface area contributed by atoms with Gasteiger partial charge in [-0.2, -0.15) is 8.42 Å². The predicted molar refractivity (Wildman–Crippen MR) is 78.5 cm³/mol. The Morgan fingerprint density at radius 1 is 1.32 bits per heavy atom. The summed E-state index contributed by atoms with van der Waals surface area (Å²) in [5, 5.41) is 0. The minimum Gasteiger partial charge on any atom is -0.458 e.